The van der Waals surface area contributed by atoms with Crippen LogP contribution in [0.25, 0.3) is 0 Å². The topological polar surface area (TPSA) is 148 Å². The number of carbonyl (C=O) groups is 3. The van der Waals surface area contributed by atoms with E-state index < -0.39 is 24.1 Å². The average Bonchev–Trinajstić information content (AvgIpc) is 2.09. The van der Waals surface area contributed by atoms with Crippen molar-refractivity contribution in [2.24, 2.45) is 5.73 Å². The molecule has 1 aliphatic rings. The minimum atomic E-state index is -1.04. The Morgan fingerprint density at radius 3 is 2.31 bits per heavy atom. The molecule has 1 unspecified atom stereocenters. The van der Waals surface area contributed by atoms with Crippen molar-refractivity contribution in [2.75, 3.05) is 0 Å². The summed E-state index contributed by atoms with van der Waals surface area (Å²) in [4.78, 5) is 31.3. The van der Waals surface area contributed by atoms with Gasteiger partial charge in [-0.1, -0.05) is 0 Å². The van der Waals surface area contributed by atoms with Crippen LogP contribution in [-0.4, -0.2) is 24.1 Å². The number of rotatable bonds is 1. The molecule has 1 atom stereocenters. The number of hydrogen-bond acceptors (Lipinski definition) is 4. The molecule has 8 N–H and O–H groups in total. The van der Waals surface area contributed by atoms with Crippen molar-refractivity contribution >= 4 is 30.4 Å². The minimum Gasteiger partial charge on any atom is -0.352 e. The molecule has 1 rings (SSSR count). The van der Waals surface area contributed by atoms with E-state index in [-0.39, 0.29) is 18.6 Å². The molecule has 0 radical (unpaired) electrons. The molecule has 13 heavy (non-hydrogen) atoms. The highest BCUT2D eigenvalue weighted by molar-refractivity contribution is 6.05. The van der Waals surface area contributed by atoms with E-state index in [1.807, 2.05) is 10.6 Å². The molecule has 0 aromatic rings. The normalized spacial score (nSPS) is 18.9. The molecular weight excluding hydrogens is 202 g/mol. The second-order valence-electron chi connectivity index (χ2n) is 1.90. The van der Waals surface area contributed by atoms with Gasteiger partial charge in [0, 0.05) is 0 Å². The summed E-state index contributed by atoms with van der Waals surface area (Å²) in [6.45, 7) is 0. The van der Waals surface area contributed by atoms with Gasteiger partial charge < -0.3 is 22.5 Å². The fourth-order valence-electron chi connectivity index (χ4n) is 0.661. The van der Waals surface area contributed by atoms with Gasteiger partial charge in [0.15, 0.2) is 6.17 Å². The Balaban J connectivity index is 0. The number of nitrogens with two attached hydrogens (primary N) is 1. The van der Waals surface area contributed by atoms with Crippen molar-refractivity contribution in [2.45, 2.75) is 6.17 Å². The minimum absolute atomic E-state index is 0. The van der Waals surface area contributed by atoms with Crippen molar-refractivity contribution < 1.29 is 14.4 Å². The van der Waals surface area contributed by atoms with Gasteiger partial charge in [0.05, 0.1) is 0 Å². The molecule has 76 valence electrons. The van der Waals surface area contributed by atoms with Gasteiger partial charge in [-0.05, 0) is 0 Å². The number of imide groups is 1. The zero-order valence-corrected chi connectivity index (χ0v) is 7.31. The monoisotopic (exact) mass is 211 g/mol. The molecular formula is C4H10ClN5O3. The largest absolute Gasteiger partial charge is 0.352 e. The highest BCUT2D eigenvalue weighted by atomic mass is 35.5. The lowest BCUT2D eigenvalue weighted by atomic mass is 10.5. The maximum atomic E-state index is 10.7. The predicted molar refractivity (Wildman–Crippen MR) is 45.5 cm³/mol. The van der Waals surface area contributed by atoms with Crippen molar-refractivity contribution in [3.63, 3.8) is 0 Å². The van der Waals surface area contributed by atoms with Gasteiger partial charge in [-0.2, -0.15) is 0 Å². The summed E-state index contributed by atoms with van der Waals surface area (Å²) in [7, 11) is 0. The first-order valence-electron chi connectivity index (χ1n) is 2.77. The van der Waals surface area contributed by atoms with Gasteiger partial charge in [0.1, 0.15) is 0 Å². The number of carbonyl (C=O) groups excluding carboxylic acids is 3. The Morgan fingerprint density at radius 2 is 2.00 bits per heavy atom. The summed E-state index contributed by atoms with van der Waals surface area (Å²) >= 11 is 0. The summed E-state index contributed by atoms with van der Waals surface area (Å²) in [5.41, 5.74) is 4.70. The van der Waals surface area contributed by atoms with E-state index in [0.717, 1.165) is 0 Å². The van der Waals surface area contributed by atoms with Crippen LogP contribution in [0.4, 0.5) is 9.59 Å². The van der Waals surface area contributed by atoms with Gasteiger partial charge in [0.2, 0.25) is 0 Å². The highest BCUT2D eigenvalue weighted by Crippen LogP contribution is 1.86. The third kappa shape index (κ3) is 3.58. The molecule has 1 saturated heterocycles. The number of nitrogens with one attached hydrogen (secondary N) is 3. The first-order chi connectivity index (χ1) is 5.09. The van der Waals surface area contributed by atoms with Crippen LogP contribution in [0.3, 0.4) is 0 Å². The smallest absolute Gasteiger partial charge is 0.323 e. The van der Waals surface area contributed by atoms with Crippen LogP contribution in [0.15, 0.2) is 0 Å². The third-order valence-corrected chi connectivity index (χ3v) is 1.06. The molecule has 0 spiro atoms. The number of halogens is 1. The first-order valence-corrected chi connectivity index (χ1v) is 2.77. The van der Waals surface area contributed by atoms with Crippen LogP contribution in [0.5, 0.6) is 0 Å². The van der Waals surface area contributed by atoms with Crippen LogP contribution in [0.1, 0.15) is 0 Å². The summed E-state index contributed by atoms with van der Waals surface area (Å²) in [6, 6.07) is -1.51. The van der Waals surface area contributed by atoms with E-state index in [1.54, 1.807) is 0 Å². The third-order valence-electron chi connectivity index (χ3n) is 1.06. The second kappa shape index (κ2) is 5.17. The Hall–Kier alpha value is -1.54. The molecule has 8 nitrogen and oxygen atoms in total. The Labute approximate surface area is 79.6 Å². The zero-order valence-electron chi connectivity index (χ0n) is 6.49. The molecule has 0 aromatic heterocycles. The molecule has 1 fully saturated rings. The Kier molecular flexibility index (Phi) is 5.57. The first kappa shape index (κ1) is 14.0. The molecule has 0 bridgehead atoms. The van der Waals surface area contributed by atoms with Crippen molar-refractivity contribution in [1.29, 1.82) is 0 Å². The fraction of sp³-hybridized carbons (Fsp3) is 0.250. The maximum Gasteiger partial charge on any atom is 0.323 e. The quantitative estimate of drug-likeness (QED) is 0.332. The molecule has 5 amide bonds. The summed E-state index contributed by atoms with van der Waals surface area (Å²) in [5, 5.41) is 6.05. The van der Waals surface area contributed by atoms with Crippen LogP contribution in [0, 0.1) is 0 Å². The van der Waals surface area contributed by atoms with E-state index in [9.17, 15) is 14.4 Å². The van der Waals surface area contributed by atoms with Gasteiger partial charge >= 0.3 is 12.1 Å². The maximum absolute atomic E-state index is 10.7. The van der Waals surface area contributed by atoms with Gasteiger partial charge in [-0.15, -0.1) is 12.4 Å². The number of amides is 5. The lowest BCUT2D eigenvalue weighted by Crippen LogP contribution is -2.48. The molecule has 0 aliphatic carbocycles. The van der Waals surface area contributed by atoms with E-state index in [1.165, 1.54) is 0 Å². The van der Waals surface area contributed by atoms with E-state index in [4.69, 9.17) is 5.73 Å². The molecule has 1 heterocycles. The van der Waals surface area contributed by atoms with E-state index >= 15 is 0 Å². The molecule has 1 aliphatic heterocycles. The summed E-state index contributed by atoms with van der Waals surface area (Å²) < 4.78 is 0. The fourth-order valence-corrected chi connectivity index (χ4v) is 0.661. The summed E-state index contributed by atoms with van der Waals surface area (Å²) in [6.07, 6.45) is -1.04. The van der Waals surface area contributed by atoms with E-state index in [2.05, 4.69) is 5.32 Å². The Bertz CT molecular complexity index is 232. The van der Waals surface area contributed by atoms with Crippen LogP contribution < -0.4 is 27.8 Å². The van der Waals surface area contributed by atoms with Crippen molar-refractivity contribution in [3.8, 4) is 0 Å². The predicted octanol–water partition coefficient (Wildman–Crippen LogP) is -1.60. The zero-order chi connectivity index (χ0) is 8.43. The van der Waals surface area contributed by atoms with E-state index in [0.29, 0.717) is 0 Å². The molecule has 0 aromatic carbocycles. The standard InChI is InChI=1S/C4H6N4O3.ClH.H3N/c5-3(10)6-1-2(9)8-4(11)7-1;;/h1H,(H3,5,6,10)(H2,7,8,9,11);1H;1H3. The lowest BCUT2D eigenvalue weighted by molar-refractivity contribution is -0.120. The van der Waals surface area contributed by atoms with Crippen LogP contribution >= 0.6 is 12.4 Å². The van der Waals surface area contributed by atoms with Gasteiger partial charge in [-0.3, -0.25) is 10.1 Å². The second-order valence-corrected chi connectivity index (χ2v) is 1.90. The lowest BCUT2D eigenvalue weighted by Gasteiger charge is -2.05. The van der Waals surface area contributed by atoms with Crippen molar-refractivity contribution in [3.05, 3.63) is 0 Å². The summed E-state index contributed by atoms with van der Waals surface area (Å²) in [5.74, 6) is -0.617. The highest BCUT2D eigenvalue weighted by Gasteiger charge is 2.29. The Morgan fingerprint density at radius 1 is 1.46 bits per heavy atom. The van der Waals surface area contributed by atoms with Gasteiger partial charge in [0.25, 0.3) is 5.91 Å². The van der Waals surface area contributed by atoms with Crippen molar-refractivity contribution in [1.82, 2.24) is 22.1 Å². The molecule has 0 saturated carbocycles. The van der Waals surface area contributed by atoms with Crippen LogP contribution in [-0.2, 0) is 4.79 Å². The number of primary amides is 1. The van der Waals surface area contributed by atoms with Gasteiger partial charge in [-0.25, -0.2) is 9.59 Å². The number of hydrogen-bond donors (Lipinski definition) is 5. The average molecular weight is 212 g/mol. The SMILES string of the molecule is Cl.N.NC(=O)NC1NC(=O)NC1=O. The number of urea groups is 2. The molecule has 9 heteroatoms. The van der Waals surface area contributed by atoms with Crippen LogP contribution in [0.2, 0.25) is 0 Å².